The molecular weight excluding hydrogens is 472 g/mol. The normalized spacial score (nSPS) is 11.8. The van der Waals surface area contributed by atoms with Crippen molar-refractivity contribution in [2.45, 2.75) is 45.5 Å². The van der Waals surface area contributed by atoms with E-state index in [1.165, 1.54) is 12.3 Å². The second kappa shape index (κ2) is 12.9. The van der Waals surface area contributed by atoms with E-state index in [-0.39, 0.29) is 5.39 Å². The molecule has 2 aromatic rings. The van der Waals surface area contributed by atoms with Gasteiger partial charge >= 0.3 is 12.1 Å². The highest BCUT2D eigenvalue weighted by Gasteiger charge is 2.29. The van der Waals surface area contributed by atoms with Crippen LogP contribution in [0.3, 0.4) is 0 Å². The molecule has 7 nitrogen and oxygen atoms in total. The van der Waals surface area contributed by atoms with Gasteiger partial charge in [-0.1, -0.05) is 31.5 Å². The molecule has 12 heteroatoms. The molecule has 0 aliphatic rings. The number of fused-ring (bicyclic) bond motifs is 1. The van der Waals surface area contributed by atoms with Gasteiger partial charge in [0.1, 0.15) is 19.3 Å². The van der Waals surface area contributed by atoms with Crippen LogP contribution in [0.4, 0.5) is 17.6 Å². The fraction of sp³-hybridized carbons (Fsp3) is 0.429. The minimum atomic E-state index is -4.54. The number of amides is 1. The first-order valence-corrected chi connectivity index (χ1v) is 10.3. The highest BCUT2D eigenvalue weighted by atomic mass is 35.5. The molecule has 1 heterocycles. The number of esters is 1. The summed E-state index contributed by atoms with van der Waals surface area (Å²) in [6.07, 6.45) is -5.45. The van der Waals surface area contributed by atoms with Crippen molar-refractivity contribution in [2.24, 2.45) is 0 Å². The molecule has 0 bridgehead atoms. The molecule has 182 valence electrons. The SMILES string of the molecule is CC.O=C(Cn1ccc2ccc(Cl)cc2c1=O)NC(CC(=O)OCCC(F)(F)F)C(=O)CF. The smallest absolute Gasteiger partial charge is 0.392 e. The van der Waals surface area contributed by atoms with Crippen molar-refractivity contribution in [3.05, 3.63) is 45.8 Å². The Morgan fingerprint density at radius 2 is 1.85 bits per heavy atom. The van der Waals surface area contributed by atoms with Crippen LogP contribution in [0.15, 0.2) is 35.3 Å². The third-order valence-corrected chi connectivity index (χ3v) is 4.36. The third-order valence-electron chi connectivity index (χ3n) is 4.13. The Labute approximate surface area is 191 Å². The van der Waals surface area contributed by atoms with Crippen molar-refractivity contribution in [1.29, 1.82) is 0 Å². The van der Waals surface area contributed by atoms with Crippen LogP contribution < -0.4 is 10.9 Å². The molecule has 1 unspecified atom stereocenters. The molecule has 1 amide bonds. The maximum Gasteiger partial charge on any atom is 0.392 e. The number of hydrogen-bond acceptors (Lipinski definition) is 5. The maximum absolute atomic E-state index is 12.8. The van der Waals surface area contributed by atoms with Gasteiger partial charge in [0.15, 0.2) is 5.78 Å². The molecule has 1 atom stereocenters. The monoisotopic (exact) mass is 494 g/mol. The van der Waals surface area contributed by atoms with E-state index in [2.05, 4.69) is 10.1 Å². The zero-order valence-corrected chi connectivity index (χ0v) is 18.6. The van der Waals surface area contributed by atoms with Gasteiger partial charge in [-0.3, -0.25) is 19.2 Å². The fourth-order valence-corrected chi connectivity index (χ4v) is 2.79. The van der Waals surface area contributed by atoms with E-state index in [9.17, 15) is 36.7 Å². The Morgan fingerprint density at radius 3 is 2.45 bits per heavy atom. The second-order valence-corrected chi connectivity index (χ2v) is 6.93. The standard InChI is InChI=1S/C19H17ClF4N2O5.C2H6/c20-12-2-1-11-3-5-26(18(30)13(11)7-12)10-16(28)25-14(15(27)9-21)8-17(29)31-6-4-19(22,23)24;1-2/h1-3,5,7,14H,4,6,8-10H2,(H,25,28);1-2H3. The molecule has 1 N–H and O–H groups in total. The van der Waals surface area contributed by atoms with Gasteiger partial charge in [0.25, 0.3) is 5.56 Å². The van der Waals surface area contributed by atoms with Crippen molar-refractivity contribution >= 4 is 40.0 Å². The van der Waals surface area contributed by atoms with E-state index in [4.69, 9.17) is 11.6 Å². The van der Waals surface area contributed by atoms with Crippen molar-refractivity contribution in [1.82, 2.24) is 9.88 Å². The van der Waals surface area contributed by atoms with Gasteiger partial charge in [-0.15, -0.1) is 0 Å². The second-order valence-electron chi connectivity index (χ2n) is 6.49. The van der Waals surface area contributed by atoms with E-state index < -0.39 is 68.1 Å². The molecule has 0 saturated heterocycles. The zero-order valence-electron chi connectivity index (χ0n) is 17.9. The number of ketones is 1. The lowest BCUT2D eigenvalue weighted by Gasteiger charge is -2.16. The Morgan fingerprint density at radius 1 is 1.18 bits per heavy atom. The summed E-state index contributed by atoms with van der Waals surface area (Å²) in [5.74, 6) is -3.27. The van der Waals surface area contributed by atoms with E-state index in [1.54, 1.807) is 18.2 Å². The van der Waals surface area contributed by atoms with Crippen LogP contribution in [-0.2, 0) is 25.7 Å². The average molecular weight is 495 g/mol. The minimum Gasteiger partial charge on any atom is -0.465 e. The Kier molecular flexibility index (Phi) is 11.0. The Hall–Kier alpha value is -2.95. The van der Waals surface area contributed by atoms with Gasteiger partial charge < -0.3 is 14.6 Å². The van der Waals surface area contributed by atoms with Crippen molar-refractivity contribution in [3.63, 3.8) is 0 Å². The molecule has 0 radical (unpaired) electrons. The Balaban J connectivity index is 0.00000265. The number of hydrogen-bond donors (Lipinski definition) is 1. The maximum atomic E-state index is 12.8. The molecule has 0 saturated carbocycles. The minimum absolute atomic E-state index is 0.243. The number of Topliss-reactive ketones (excluding diaryl/α,β-unsaturated/α-hetero) is 1. The van der Waals surface area contributed by atoms with Gasteiger partial charge in [-0.2, -0.15) is 13.2 Å². The van der Waals surface area contributed by atoms with Crippen LogP contribution in [0, 0.1) is 0 Å². The van der Waals surface area contributed by atoms with Crippen molar-refractivity contribution in [3.8, 4) is 0 Å². The average Bonchev–Trinajstić information content (AvgIpc) is 2.75. The van der Waals surface area contributed by atoms with Gasteiger partial charge in [-0.25, -0.2) is 4.39 Å². The molecule has 0 aliphatic heterocycles. The highest BCUT2D eigenvalue weighted by molar-refractivity contribution is 6.31. The Bertz CT molecular complexity index is 1040. The number of nitrogens with zero attached hydrogens (tertiary/aromatic N) is 1. The molecule has 0 spiro atoms. The summed E-state index contributed by atoms with van der Waals surface area (Å²) in [4.78, 5) is 48.1. The number of carbonyl (C=O) groups excluding carboxylic acids is 3. The zero-order chi connectivity index (χ0) is 25.2. The summed E-state index contributed by atoms with van der Waals surface area (Å²) < 4.78 is 54.5. The van der Waals surface area contributed by atoms with Gasteiger partial charge in [-0.05, 0) is 23.6 Å². The number of carbonyl (C=O) groups is 3. The number of aromatic nitrogens is 1. The van der Waals surface area contributed by atoms with Crippen LogP contribution in [-0.4, -0.2) is 47.7 Å². The predicted octanol–water partition coefficient (Wildman–Crippen LogP) is 3.59. The third kappa shape index (κ3) is 9.21. The van der Waals surface area contributed by atoms with E-state index in [1.807, 2.05) is 13.8 Å². The van der Waals surface area contributed by atoms with Crippen molar-refractivity contribution < 1.29 is 36.7 Å². The lowest BCUT2D eigenvalue weighted by Crippen LogP contribution is -2.45. The van der Waals surface area contributed by atoms with E-state index in [0.29, 0.717) is 10.4 Å². The molecule has 0 aliphatic carbocycles. The summed E-state index contributed by atoms with van der Waals surface area (Å²) in [5.41, 5.74) is -0.546. The van der Waals surface area contributed by atoms with Gasteiger partial charge in [0.05, 0.1) is 19.4 Å². The molecule has 0 fully saturated rings. The first-order chi connectivity index (χ1) is 15.5. The number of rotatable bonds is 9. The number of halogens is 5. The number of pyridine rings is 1. The predicted molar refractivity (Wildman–Crippen MR) is 114 cm³/mol. The summed E-state index contributed by atoms with van der Waals surface area (Å²) in [5, 5.41) is 3.24. The topological polar surface area (TPSA) is 94.5 Å². The number of ether oxygens (including phenoxy) is 1. The summed E-state index contributed by atoms with van der Waals surface area (Å²) >= 11 is 5.87. The van der Waals surface area contributed by atoms with Crippen LogP contribution >= 0.6 is 11.6 Å². The van der Waals surface area contributed by atoms with Crippen molar-refractivity contribution in [2.75, 3.05) is 13.3 Å². The summed E-state index contributed by atoms with van der Waals surface area (Å²) in [6.45, 7) is 0.956. The number of alkyl halides is 4. The first kappa shape index (κ1) is 28.1. The van der Waals surface area contributed by atoms with Crippen LogP contribution in [0.5, 0.6) is 0 Å². The van der Waals surface area contributed by atoms with Gasteiger partial charge in [0, 0.05) is 16.6 Å². The molecule has 2 rings (SSSR count). The number of benzene rings is 1. The van der Waals surface area contributed by atoms with Crippen LogP contribution in [0.25, 0.3) is 10.8 Å². The number of nitrogens with one attached hydrogen (secondary N) is 1. The quantitative estimate of drug-likeness (QED) is 0.425. The molecular formula is C21H23ClF4N2O5. The first-order valence-electron chi connectivity index (χ1n) is 9.89. The summed E-state index contributed by atoms with van der Waals surface area (Å²) in [7, 11) is 0. The fourth-order valence-electron chi connectivity index (χ4n) is 2.62. The molecule has 1 aromatic heterocycles. The van der Waals surface area contributed by atoms with E-state index >= 15 is 0 Å². The van der Waals surface area contributed by atoms with Crippen LogP contribution in [0.1, 0.15) is 26.7 Å². The molecule has 1 aromatic carbocycles. The summed E-state index contributed by atoms with van der Waals surface area (Å²) in [6, 6.07) is 4.52. The lowest BCUT2D eigenvalue weighted by molar-refractivity contribution is -0.160. The van der Waals surface area contributed by atoms with E-state index in [0.717, 1.165) is 4.57 Å². The largest absolute Gasteiger partial charge is 0.465 e. The highest BCUT2D eigenvalue weighted by Crippen LogP contribution is 2.19. The van der Waals surface area contributed by atoms with Gasteiger partial charge in [0.2, 0.25) is 5.91 Å². The lowest BCUT2D eigenvalue weighted by atomic mass is 10.1. The van der Waals surface area contributed by atoms with Crippen LogP contribution in [0.2, 0.25) is 5.02 Å². The molecule has 33 heavy (non-hydrogen) atoms.